The highest BCUT2D eigenvalue weighted by Crippen LogP contribution is 2.28. The smallest absolute Gasteiger partial charge is 0.273 e. The number of rotatable bonds is 3. The van der Waals surface area contributed by atoms with Crippen molar-refractivity contribution in [1.29, 1.82) is 0 Å². The molecule has 0 spiro atoms. The third kappa shape index (κ3) is 2.56. The Kier molecular flexibility index (Phi) is 3.43. The number of nitrogens with zero attached hydrogens (tertiary/aromatic N) is 4. The molecule has 2 fully saturated rings. The number of likely N-dealkylation sites (tertiary alicyclic amines) is 1. The number of thiazole rings is 1. The van der Waals surface area contributed by atoms with Crippen molar-refractivity contribution >= 4 is 17.2 Å². The van der Waals surface area contributed by atoms with Crippen LogP contribution in [0, 0.1) is 0 Å². The maximum absolute atomic E-state index is 12.7. The molecule has 1 amide bonds. The van der Waals surface area contributed by atoms with Crippen LogP contribution in [0.2, 0.25) is 0 Å². The SMILES string of the molecule is O=C(c1csc(-c2cnn(-c3ccccc3)c2)n1)N1C[C@H]2C[C@@H]1CN2. The van der Waals surface area contributed by atoms with Gasteiger partial charge in [0.25, 0.3) is 5.91 Å². The van der Waals surface area contributed by atoms with E-state index in [4.69, 9.17) is 0 Å². The number of aromatic nitrogens is 3. The molecule has 0 saturated carbocycles. The van der Waals surface area contributed by atoms with Crippen LogP contribution in [0.1, 0.15) is 16.9 Å². The van der Waals surface area contributed by atoms with Crippen molar-refractivity contribution in [3.8, 4) is 16.3 Å². The molecular weight excluding hydrogens is 334 g/mol. The molecule has 126 valence electrons. The first-order chi connectivity index (χ1) is 12.3. The van der Waals surface area contributed by atoms with Gasteiger partial charge in [-0.1, -0.05) is 18.2 Å². The summed E-state index contributed by atoms with van der Waals surface area (Å²) < 4.78 is 1.82. The first-order valence-electron chi connectivity index (χ1n) is 8.38. The Labute approximate surface area is 149 Å². The Morgan fingerprint density at radius 3 is 2.92 bits per heavy atom. The molecule has 2 bridgehead atoms. The second-order valence-corrected chi connectivity index (χ2v) is 7.36. The van der Waals surface area contributed by atoms with Gasteiger partial charge in [-0.2, -0.15) is 5.10 Å². The number of hydrogen-bond donors (Lipinski definition) is 1. The first kappa shape index (κ1) is 14.8. The lowest BCUT2D eigenvalue weighted by atomic mass is 10.2. The summed E-state index contributed by atoms with van der Waals surface area (Å²) in [5, 5.41) is 10.5. The van der Waals surface area contributed by atoms with E-state index in [2.05, 4.69) is 15.4 Å². The number of benzene rings is 1. The standard InChI is InChI=1S/C18H17N5OS/c24-18(22-10-13-6-15(22)8-19-13)16-11-25-17(21-16)12-7-20-23(9-12)14-4-2-1-3-5-14/h1-5,7,9,11,13,15,19H,6,8,10H2/t13-,15-/m1/s1. The van der Waals surface area contributed by atoms with Gasteiger partial charge in [0.2, 0.25) is 0 Å². The van der Waals surface area contributed by atoms with Crippen LogP contribution in [0.25, 0.3) is 16.3 Å². The molecule has 4 heterocycles. The summed E-state index contributed by atoms with van der Waals surface area (Å²) in [5.41, 5.74) is 2.47. The van der Waals surface area contributed by atoms with Gasteiger partial charge in [0.05, 0.1) is 11.9 Å². The number of hydrogen-bond acceptors (Lipinski definition) is 5. The molecule has 25 heavy (non-hydrogen) atoms. The van der Waals surface area contributed by atoms with Gasteiger partial charge < -0.3 is 10.2 Å². The van der Waals surface area contributed by atoms with Crippen LogP contribution < -0.4 is 5.32 Å². The van der Waals surface area contributed by atoms with Crippen molar-refractivity contribution in [2.45, 2.75) is 18.5 Å². The number of para-hydroxylation sites is 1. The summed E-state index contributed by atoms with van der Waals surface area (Å²) in [6, 6.07) is 10.7. The summed E-state index contributed by atoms with van der Waals surface area (Å²) in [6.07, 6.45) is 4.80. The van der Waals surface area contributed by atoms with Crippen LogP contribution in [0.4, 0.5) is 0 Å². The van der Waals surface area contributed by atoms with E-state index in [1.54, 1.807) is 6.20 Å². The average Bonchev–Trinajstić information content (AvgIpc) is 3.45. The Morgan fingerprint density at radius 2 is 2.16 bits per heavy atom. The molecular formula is C18H17N5OS. The Hall–Kier alpha value is -2.51. The van der Waals surface area contributed by atoms with Crippen LogP contribution >= 0.6 is 11.3 Å². The number of nitrogens with one attached hydrogen (secondary N) is 1. The van der Waals surface area contributed by atoms with E-state index in [0.717, 1.165) is 35.8 Å². The van der Waals surface area contributed by atoms with E-state index in [9.17, 15) is 4.79 Å². The zero-order valence-electron chi connectivity index (χ0n) is 13.5. The lowest BCUT2D eigenvalue weighted by molar-refractivity contribution is 0.0711. The van der Waals surface area contributed by atoms with Gasteiger partial charge in [-0.25, -0.2) is 9.67 Å². The maximum atomic E-state index is 12.7. The molecule has 6 nitrogen and oxygen atoms in total. The van der Waals surface area contributed by atoms with Gasteiger partial charge >= 0.3 is 0 Å². The minimum atomic E-state index is 0.0481. The van der Waals surface area contributed by atoms with Gasteiger partial charge in [-0.15, -0.1) is 11.3 Å². The highest BCUT2D eigenvalue weighted by Gasteiger charge is 2.40. The van der Waals surface area contributed by atoms with Gasteiger partial charge in [0, 0.05) is 42.3 Å². The van der Waals surface area contributed by atoms with Crippen LogP contribution in [0.3, 0.4) is 0 Å². The van der Waals surface area contributed by atoms with Crippen molar-refractivity contribution in [2.75, 3.05) is 13.1 Å². The predicted octanol–water partition coefficient (Wildman–Crippen LogP) is 2.18. The minimum absolute atomic E-state index is 0.0481. The summed E-state index contributed by atoms with van der Waals surface area (Å²) in [5.74, 6) is 0.0481. The largest absolute Gasteiger partial charge is 0.331 e. The van der Waals surface area contributed by atoms with Crippen molar-refractivity contribution in [1.82, 2.24) is 25.0 Å². The Balaban J connectivity index is 1.38. The minimum Gasteiger partial charge on any atom is -0.331 e. The first-order valence-corrected chi connectivity index (χ1v) is 9.26. The van der Waals surface area contributed by atoms with E-state index in [0.29, 0.717) is 17.8 Å². The molecule has 2 aliphatic heterocycles. The quantitative estimate of drug-likeness (QED) is 0.786. The number of carbonyl (C=O) groups excluding carboxylic acids is 1. The number of amides is 1. The van der Waals surface area contributed by atoms with Gasteiger partial charge in [-0.05, 0) is 18.6 Å². The maximum Gasteiger partial charge on any atom is 0.273 e. The van der Waals surface area contributed by atoms with Crippen molar-refractivity contribution in [2.24, 2.45) is 0 Å². The van der Waals surface area contributed by atoms with E-state index in [1.165, 1.54) is 11.3 Å². The van der Waals surface area contributed by atoms with Crippen molar-refractivity contribution in [3.63, 3.8) is 0 Å². The molecule has 1 N–H and O–H groups in total. The lowest BCUT2D eigenvalue weighted by Crippen LogP contribution is -2.46. The Bertz CT molecular complexity index is 918. The molecule has 0 aliphatic carbocycles. The lowest BCUT2D eigenvalue weighted by Gasteiger charge is -2.26. The highest BCUT2D eigenvalue weighted by atomic mass is 32.1. The fourth-order valence-electron chi connectivity index (χ4n) is 3.62. The van der Waals surface area contributed by atoms with Gasteiger partial charge in [0.1, 0.15) is 10.7 Å². The molecule has 2 aromatic heterocycles. The monoisotopic (exact) mass is 351 g/mol. The van der Waals surface area contributed by atoms with Gasteiger partial charge in [0.15, 0.2) is 0 Å². The topological polar surface area (TPSA) is 63.1 Å². The summed E-state index contributed by atoms with van der Waals surface area (Å²) in [7, 11) is 0. The Morgan fingerprint density at radius 1 is 1.28 bits per heavy atom. The fourth-order valence-corrected chi connectivity index (χ4v) is 4.39. The zero-order valence-corrected chi connectivity index (χ0v) is 14.3. The molecule has 0 radical (unpaired) electrons. The third-order valence-electron chi connectivity index (χ3n) is 4.89. The van der Waals surface area contributed by atoms with Crippen LogP contribution in [-0.2, 0) is 0 Å². The molecule has 1 aromatic carbocycles. The van der Waals surface area contributed by atoms with Crippen LogP contribution in [0.5, 0.6) is 0 Å². The molecule has 2 saturated heterocycles. The summed E-state index contributed by atoms with van der Waals surface area (Å²) >= 11 is 1.49. The van der Waals surface area contributed by atoms with Gasteiger partial charge in [-0.3, -0.25) is 4.79 Å². The molecule has 7 heteroatoms. The fraction of sp³-hybridized carbons (Fsp3) is 0.278. The normalized spacial score (nSPS) is 21.8. The molecule has 2 atom stereocenters. The van der Waals surface area contributed by atoms with E-state index < -0.39 is 0 Å². The third-order valence-corrected chi connectivity index (χ3v) is 5.78. The molecule has 5 rings (SSSR count). The van der Waals surface area contributed by atoms with E-state index >= 15 is 0 Å². The summed E-state index contributed by atoms with van der Waals surface area (Å²) in [6.45, 7) is 1.69. The van der Waals surface area contributed by atoms with Crippen molar-refractivity contribution < 1.29 is 4.79 Å². The molecule has 2 aliphatic rings. The number of piperazine rings is 1. The highest BCUT2D eigenvalue weighted by molar-refractivity contribution is 7.13. The molecule has 3 aromatic rings. The second-order valence-electron chi connectivity index (χ2n) is 6.50. The molecule has 0 unspecified atom stereocenters. The zero-order chi connectivity index (χ0) is 16.8. The number of carbonyl (C=O) groups is 1. The summed E-state index contributed by atoms with van der Waals surface area (Å²) in [4.78, 5) is 19.3. The van der Waals surface area contributed by atoms with Crippen LogP contribution in [-0.4, -0.2) is 50.7 Å². The van der Waals surface area contributed by atoms with E-state index in [1.807, 2.05) is 51.5 Å². The number of fused-ring (bicyclic) bond motifs is 2. The van der Waals surface area contributed by atoms with Crippen LogP contribution in [0.15, 0.2) is 48.1 Å². The van der Waals surface area contributed by atoms with E-state index in [-0.39, 0.29) is 5.91 Å². The van der Waals surface area contributed by atoms with Crippen molar-refractivity contribution in [3.05, 3.63) is 53.8 Å². The predicted molar refractivity (Wildman–Crippen MR) is 95.9 cm³/mol. The average molecular weight is 351 g/mol. The second kappa shape index (κ2) is 5.79.